The minimum absolute atomic E-state index is 0.403. The number of carbonyl (C=O) groups is 5. The van der Waals surface area contributed by atoms with Gasteiger partial charge in [0.25, 0.3) is 0 Å². The van der Waals surface area contributed by atoms with E-state index in [9.17, 15) is 24.0 Å². The Morgan fingerprint density at radius 3 is 1.81 bits per heavy atom. The quantitative estimate of drug-likeness (QED) is 0.452. The van der Waals surface area contributed by atoms with Gasteiger partial charge >= 0.3 is 23.9 Å². The number of hydrogen-bond acceptors (Lipinski definition) is 10. The molecule has 1 heterocycles. The van der Waals surface area contributed by atoms with Gasteiger partial charge in [-0.05, 0) is 0 Å². The first-order chi connectivity index (χ1) is 12.9. The highest BCUT2D eigenvalue weighted by atomic mass is 16.7. The molecule has 1 unspecified atom stereocenters. The summed E-state index contributed by atoms with van der Waals surface area (Å²) in [6, 6.07) is -1.44. The van der Waals surface area contributed by atoms with Gasteiger partial charge in [0.1, 0.15) is 18.8 Å². The van der Waals surface area contributed by atoms with Crippen LogP contribution in [-0.2, 0) is 47.7 Å². The molecule has 11 heteroatoms. The zero-order valence-corrected chi connectivity index (χ0v) is 15.6. The van der Waals surface area contributed by atoms with Gasteiger partial charge in [-0.3, -0.25) is 24.0 Å². The lowest BCUT2D eigenvalue weighted by molar-refractivity contribution is -0.270. The van der Waals surface area contributed by atoms with Crippen LogP contribution >= 0.6 is 0 Å². The summed E-state index contributed by atoms with van der Waals surface area (Å²) in [5.74, 6) is -3.82. The number of amides is 1. The van der Waals surface area contributed by atoms with E-state index in [4.69, 9.17) is 25.1 Å². The third kappa shape index (κ3) is 7.21. The van der Waals surface area contributed by atoms with Gasteiger partial charge in [0.2, 0.25) is 12.2 Å². The molecule has 0 saturated carbocycles. The molecule has 1 aliphatic heterocycles. The second-order valence-electron chi connectivity index (χ2n) is 5.74. The highest BCUT2D eigenvalue weighted by Gasteiger charge is 2.52. The molecule has 152 valence electrons. The van der Waals surface area contributed by atoms with Gasteiger partial charge in [-0.15, -0.1) is 0 Å². The van der Waals surface area contributed by atoms with Crippen LogP contribution in [0.3, 0.4) is 0 Å². The average Bonchev–Trinajstić information content (AvgIpc) is 2.53. The second kappa shape index (κ2) is 9.86. The van der Waals surface area contributed by atoms with Gasteiger partial charge in [-0.2, -0.15) is 0 Å². The van der Waals surface area contributed by atoms with Crippen LogP contribution in [0.5, 0.6) is 0 Å². The first-order valence-electron chi connectivity index (χ1n) is 8.47. The molecule has 0 aromatic heterocycles. The van der Waals surface area contributed by atoms with Crippen molar-refractivity contribution < 1.29 is 49.1 Å². The fourth-order valence-electron chi connectivity index (χ4n) is 2.49. The molecule has 11 nitrogen and oxygen atoms in total. The number of nitrogens with one attached hydrogen (secondary N) is 1. The first kappa shape index (κ1) is 20.6. The number of hydrogen-bond donors (Lipinski definition) is 1. The number of esters is 4. The van der Waals surface area contributed by atoms with E-state index in [1.807, 2.05) is 0 Å². The minimum Gasteiger partial charge on any atom is -0.463 e. The Balaban J connectivity index is 3.39. The molecule has 5 atom stereocenters. The van der Waals surface area contributed by atoms with E-state index in [-0.39, 0.29) is 0 Å². The standard InChI is InChI=1S/C16H23NO10/c1-7(18)17-13-15(25-10(4)21)14(24-9(3)20)12(6-23-8(2)19)27-16(13)26-11(5)22/h12-16H,6H2,1-5H3,(H,17,18)/t12-,13-,14-,15-,16?/m1/s1/i/hD. The lowest BCUT2D eigenvalue weighted by Gasteiger charge is -2.44. The van der Waals surface area contributed by atoms with Crippen LogP contribution in [0.15, 0.2) is 0 Å². The SMILES string of the molecule is [2H]N(C(C)=O)[C@H]1C(OC(C)=O)O[C@H](COC(C)=O)[C@@H](OC(C)=O)[C@@H]1OC(C)=O. The molecule has 1 N–H and O–H groups in total. The lowest BCUT2D eigenvalue weighted by Crippen LogP contribution is -2.66. The number of ether oxygens (including phenoxy) is 5. The Labute approximate surface area is 157 Å². The number of rotatable bonds is 6. The average molecular weight is 390 g/mol. The Kier molecular flexibility index (Phi) is 7.53. The van der Waals surface area contributed by atoms with Crippen LogP contribution in [0.1, 0.15) is 34.6 Å². The maximum absolute atomic E-state index is 11.8. The molecular formula is C16H23NO10. The van der Waals surface area contributed by atoms with E-state index in [1.54, 1.807) is 0 Å². The van der Waals surface area contributed by atoms with E-state index in [2.05, 4.69) is 0 Å². The predicted octanol–water partition coefficient (Wildman–Crippen LogP) is -0.794. The summed E-state index contributed by atoms with van der Waals surface area (Å²) in [6.07, 6.45) is -5.51. The van der Waals surface area contributed by atoms with Crippen molar-refractivity contribution in [3.05, 3.63) is 0 Å². The minimum atomic E-state index is -1.55. The van der Waals surface area contributed by atoms with Gasteiger partial charge < -0.3 is 29.0 Å². The van der Waals surface area contributed by atoms with Crippen molar-refractivity contribution in [2.75, 3.05) is 6.61 Å². The largest absolute Gasteiger partial charge is 0.463 e. The van der Waals surface area contributed by atoms with Crippen molar-refractivity contribution in [3.8, 4) is 0 Å². The molecule has 0 radical (unpaired) electrons. The van der Waals surface area contributed by atoms with Crippen LogP contribution in [0, 0.1) is 0 Å². The highest BCUT2D eigenvalue weighted by molar-refractivity contribution is 5.74. The maximum atomic E-state index is 11.8. The molecule has 1 amide bonds. The fraction of sp³-hybridized carbons (Fsp3) is 0.688. The van der Waals surface area contributed by atoms with Crippen LogP contribution in [-0.4, -0.2) is 67.0 Å². The van der Waals surface area contributed by atoms with E-state index >= 15 is 0 Å². The summed E-state index contributed by atoms with van der Waals surface area (Å²) < 4.78 is 33.8. The van der Waals surface area contributed by atoms with Gasteiger partial charge in [0.05, 0.1) is 0 Å². The lowest BCUT2D eigenvalue weighted by atomic mass is 9.96. The van der Waals surface area contributed by atoms with Crippen molar-refractivity contribution in [2.45, 2.75) is 65.3 Å². The summed E-state index contributed by atoms with van der Waals surface area (Å²) in [4.78, 5) is 57.6. The molecule has 1 rings (SSSR count). The van der Waals surface area contributed by atoms with Crippen LogP contribution in [0.4, 0.5) is 0 Å². The van der Waals surface area contributed by atoms with Crippen molar-refractivity contribution in [2.24, 2.45) is 0 Å². The summed E-state index contributed by atoms with van der Waals surface area (Å²) >= 11 is 0. The molecule has 1 saturated heterocycles. The van der Waals surface area contributed by atoms with Crippen LogP contribution < -0.4 is 5.31 Å². The zero-order chi connectivity index (χ0) is 21.6. The third-order valence-electron chi connectivity index (χ3n) is 3.28. The Morgan fingerprint density at radius 1 is 0.852 bits per heavy atom. The monoisotopic (exact) mass is 390 g/mol. The molecule has 0 aliphatic carbocycles. The van der Waals surface area contributed by atoms with Gasteiger partial charge in [-0.25, -0.2) is 0 Å². The predicted molar refractivity (Wildman–Crippen MR) is 85.8 cm³/mol. The van der Waals surface area contributed by atoms with E-state index in [1.165, 1.54) is 0 Å². The van der Waals surface area contributed by atoms with Crippen LogP contribution in [0.25, 0.3) is 0 Å². The van der Waals surface area contributed by atoms with Crippen molar-refractivity contribution in [3.63, 3.8) is 0 Å². The fourth-order valence-corrected chi connectivity index (χ4v) is 2.49. The van der Waals surface area contributed by atoms with Gasteiger partial charge in [0.15, 0.2) is 13.6 Å². The summed E-state index contributed by atoms with van der Waals surface area (Å²) in [6.45, 7) is 5.01. The first-order valence-corrected chi connectivity index (χ1v) is 8.03. The second-order valence-corrected chi connectivity index (χ2v) is 5.74. The molecule has 1 fully saturated rings. The van der Waals surface area contributed by atoms with E-state index in [0.29, 0.717) is 5.31 Å². The molecule has 0 aromatic rings. The Morgan fingerprint density at radius 2 is 1.37 bits per heavy atom. The summed E-state index contributed by atoms with van der Waals surface area (Å²) in [7, 11) is 0. The van der Waals surface area contributed by atoms with Crippen molar-refractivity contribution in [1.29, 1.82) is 0 Å². The van der Waals surface area contributed by atoms with E-state index < -0.39 is 67.0 Å². The Hall–Kier alpha value is -2.69. The zero-order valence-electron chi connectivity index (χ0n) is 16.6. The number of carbonyl (C=O) groups excluding carboxylic acids is 5. The molecule has 1 aliphatic rings. The molecule has 0 aromatic carbocycles. The molecule has 0 spiro atoms. The van der Waals surface area contributed by atoms with E-state index in [0.717, 1.165) is 34.6 Å². The third-order valence-corrected chi connectivity index (χ3v) is 3.28. The molecule has 0 bridgehead atoms. The summed E-state index contributed by atoms with van der Waals surface area (Å²) in [5.41, 5.74) is 0. The normalized spacial score (nSPS) is 27.6. The highest BCUT2D eigenvalue weighted by Crippen LogP contribution is 2.28. The van der Waals surface area contributed by atoms with Crippen molar-refractivity contribution in [1.82, 2.24) is 5.31 Å². The molecular weight excluding hydrogens is 366 g/mol. The smallest absolute Gasteiger partial charge is 0.305 e. The van der Waals surface area contributed by atoms with Crippen molar-refractivity contribution >= 4 is 29.8 Å². The van der Waals surface area contributed by atoms with Gasteiger partial charge in [-0.1, -0.05) is 0 Å². The van der Waals surface area contributed by atoms with Crippen LogP contribution in [0.2, 0.25) is 1.41 Å². The maximum Gasteiger partial charge on any atom is 0.305 e. The topological polar surface area (TPSA) is 144 Å². The molecule has 27 heavy (non-hydrogen) atoms. The Bertz CT molecular complexity index is 639. The van der Waals surface area contributed by atoms with Gasteiger partial charge in [0, 0.05) is 34.6 Å². The summed E-state index contributed by atoms with van der Waals surface area (Å²) in [5, 5.41) is 0.403.